The Hall–Kier alpha value is -1.95. The number of nitrogens with zero attached hydrogens (tertiary/aromatic N) is 2. The first-order valence-corrected chi connectivity index (χ1v) is 5.12. The molecule has 16 heavy (non-hydrogen) atoms. The molecule has 0 saturated heterocycles. The minimum absolute atomic E-state index is 0.215. The van der Waals surface area contributed by atoms with E-state index in [0.29, 0.717) is 5.95 Å². The number of nitrogen functional groups attached to an aromatic ring is 1. The van der Waals surface area contributed by atoms with E-state index in [-0.39, 0.29) is 10.7 Å². The Bertz CT molecular complexity index is 563. The van der Waals surface area contributed by atoms with E-state index in [2.05, 4.69) is 20.3 Å². The Morgan fingerprint density at radius 1 is 1.31 bits per heavy atom. The van der Waals surface area contributed by atoms with Gasteiger partial charge in [-0.2, -0.15) is 9.97 Å². The van der Waals surface area contributed by atoms with Crippen LogP contribution in [-0.4, -0.2) is 15.0 Å². The van der Waals surface area contributed by atoms with Crippen molar-refractivity contribution in [3.8, 4) is 0 Å². The maximum Gasteiger partial charge on any atom is 0.225 e. The van der Waals surface area contributed by atoms with Gasteiger partial charge in [-0.15, -0.1) is 0 Å². The summed E-state index contributed by atoms with van der Waals surface area (Å²) in [5.74, 6) is 0.739. The van der Waals surface area contributed by atoms with E-state index in [1.807, 2.05) is 31.2 Å². The van der Waals surface area contributed by atoms with Gasteiger partial charge in [-0.25, -0.2) is 0 Å². The molecule has 6 heteroatoms. The van der Waals surface area contributed by atoms with Gasteiger partial charge in [-0.1, -0.05) is 18.2 Å². The summed E-state index contributed by atoms with van der Waals surface area (Å²) < 4.78 is 0.215. The highest BCUT2D eigenvalue weighted by molar-refractivity contribution is 7.71. The van der Waals surface area contributed by atoms with Crippen molar-refractivity contribution in [1.82, 2.24) is 15.0 Å². The van der Waals surface area contributed by atoms with Crippen molar-refractivity contribution in [2.45, 2.75) is 6.92 Å². The third kappa shape index (κ3) is 2.34. The van der Waals surface area contributed by atoms with E-state index < -0.39 is 0 Å². The van der Waals surface area contributed by atoms with Crippen LogP contribution in [0.2, 0.25) is 0 Å². The number of benzene rings is 1. The van der Waals surface area contributed by atoms with E-state index in [9.17, 15) is 0 Å². The number of H-pyrrole nitrogens is 1. The number of aryl methyl sites for hydroxylation is 1. The lowest BCUT2D eigenvalue weighted by atomic mass is 10.2. The molecule has 0 atom stereocenters. The summed E-state index contributed by atoms with van der Waals surface area (Å²) in [6.45, 7) is 2.00. The summed E-state index contributed by atoms with van der Waals surface area (Å²) in [5, 5.41) is 3.10. The lowest BCUT2D eigenvalue weighted by molar-refractivity contribution is 1.05. The number of hydrogen-bond acceptors (Lipinski definition) is 5. The van der Waals surface area contributed by atoms with Gasteiger partial charge < -0.3 is 11.1 Å². The summed E-state index contributed by atoms with van der Waals surface area (Å²) in [4.78, 5) is 10.6. The van der Waals surface area contributed by atoms with Crippen LogP contribution in [0, 0.1) is 11.7 Å². The van der Waals surface area contributed by atoms with Gasteiger partial charge >= 0.3 is 0 Å². The molecule has 5 nitrogen and oxygen atoms in total. The van der Waals surface area contributed by atoms with Crippen LogP contribution in [0.25, 0.3) is 0 Å². The van der Waals surface area contributed by atoms with Crippen LogP contribution in [0.3, 0.4) is 0 Å². The van der Waals surface area contributed by atoms with Gasteiger partial charge in [0.05, 0.1) is 0 Å². The zero-order valence-corrected chi connectivity index (χ0v) is 9.51. The van der Waals surface area contributed by atoms with Crippen molar-refractivity contribution in [2.24, 2.45) is 0 Å². The average Bonchev–Trinajstić information content (AvgIpc) is 2.20. The lowest BCUT2D eigenvalue weighted by Gasteiger charge is -2.08. The molecule has 2 rings (SSSR count). The Balaban J connectivity index is 2.34. The molecule has 0 saturated carbocycles. The monoisotopic (exact) mass is 233 g/mol. The molecule has 1 aromatic carbocycles. The molecular weight excluding hydrogens is 222 g/mol. The predicted octanol–water partition coefficient (Wildman–Crippen LogP) is 2.17. The zero-order valence-electron chi connectivity index (χ0n) is 8.69. The van der Waals surface area contributed by atoms with E-state index in [4.69, 9.17) is 18.0 Å². The normalized spacial score (nSPS) is 10.1. The van der Waals surface area contributed by atoms with Gasteiger partial charge in [0.1, 0.15) is 0 Å². The standard InChI is InChI=1S/C10H11N5S/c1-6-4-2-3-5-7(6)12-9-13-8(11)14-10(16)15-9/h2-5H,1H3,(H4,11,12,13,14,15,16). The number of nitrogens with two attached hydrogens (primary N) is 1. The maximum absolute atomic E-state index is 5.54. The Labute approximate surface area is 97.8 Å². The second-order valence-corrected chi connectivity index (χ2v) is 3.67. The Kier molecular flexibility index (Phi) is 2.82. The van der Waals surface area contributed by atoms with Crippen LogP contribution in [-0.2, 0) is 0 Å². The molecule has 1 heterocycles. The third-order valence-electron chi connectivity index (χ3n) is 2.07. The highest BCUT2D eigenvalue weighted by atomic mass is 32.1. The number of para-hydroxylation sites is 1. The van der Waals surface area contributed by atoms with Crippen LogP contribution in [0.15, 0.2) is 24.3 Å². The van der Waals surface area contributed by atoms with Crippen LogP contribution in [0.1, 0.15) is 5.56 Å². The topological polar surface area (TPSA) is 79.6 Å². The molecule has 4 N–H and O–H groups in total. The van der Waals surface area contributed by atoms with Gasteiger partial charge in [0.2, 0.25) is 16.7 Å². The molecule has 2 aromatic rings. The van der Waals surface area contributed by atoms with Crippen molar-refractivity contribution in [3.05, 3.63) is 34.6 Å². The maximum atomic E-state index is 5.54. The molecule has 1 aromatic heterocycles. The highest BCUT2D eigenvalue weighted by Gasteiger charge is 2.00. The number of rotatable bonds is 2. The van der Waals surface area contributed by atoms with Crippen molar-refractivity contribution in [3.63, 3.8) is 0 Å². The number of aromatic amines is 1. The van der Waals surface area contributed by atoms with Gasteiger partial charge in [0, 0.05) is 5.69 Å². The van der Waals surface area contributed by atoms with Crippen molar-refractivity contribution >= 4 is 29.8 Å². The van der Waals surface area contributed by atoms with Crippen molar-refractivity contribution < 1.29 is 0 Å². The molecule has 0 spiro atoms. The molecular formula is C10H11N5S. The Morgan fingerprint density at radius 2 is 2.06 bits per heavy atom. The second kappa shape index (κ2) is 4.28. The molecule has 0 aliphatic rings. The number of anilines is 3. The average molecular weight is 233 g/mol. The predicted molar refractivity (Wildman–Crippen MR) is 66.1 cm³/mol. The Morgan fingerprint density at radius 3 is 2.75 bits per heavy atom. The van der Waals surface area contributed by atoms with Gasteiger partial charge in [-0.3, -0.25) is 4.98 Å². The molecule has 0 bridgehead atoms. The van der Waals surface area contributed by atoms with Gasteiger partial charge in [0.25, 0.3) is 0 Å². The molecule has 0 radical (unpaired) electrons. The first-order valence-electron chi connectivity index (χ1n) is 4.71. The second-order valence-electron chi connectivity index (χ2n) is 3.30. The fourth-order valence-electron chi connectivity index (χ4n) is 1.30. The number of aromatic nitrogens is 3. The van der Waals surface area contributed by atoms with Crippen molar-refractivity contribution in [1.29, 1.82) is 0 Å². The summed E-state index contributed by atoms with van der Waals surface area (Å²) in [7, 11) is 0. The lowest BCUT2D eigenvalue weighted by Crippen LogP contribution is -2.03. The fraction of sp³-hybridized carbons (Fsp3) is 0.100. The molecule has 0 amide bonds. The summed E-state index contributed by atoms with van der Waals surface area (Å²) in [5.41, 5.74) is 7.60. The summed E-state index contributed by atoms with van der Waals surface area (Å²) >= 11 is 4.87. The number of hydrogen-bond donors (Lipinski definition) is 3. The SMILES string of the molecule is Cc1ccccc1Nc1nc(=S)nc(N)[nH]1. The minimum atomic E-state index is 0.215. The van der Waals surface area contributed by atoms with Crippen LogP contribution < -0.4 is 11.1 Å². The number of nitrogens with one attached hydrogen (secondary N) is 2. The van der Waals surface area contributed by atoms with Crippen LogP contribution in [0.4, 0.5) is 17.6 Å². The molecule has 0 aliphatic heterocycles. The minimum Gasteiger partial charge on any atom is -0.369 e. The summed E-state index contributed by atoms with van der Waals surface area (Å²) in [6, 6.07) is 7.86. The quantitative estimate of drug-likeness (QED) is 0.693. The molecule has 0 fully saturated rings. The zero-order chi connectivity index (χ0) is 11.5. The molecule has 82 valence electrons. The largest absolute Gasteiger partial charge is 0.369 e. The van der Waals surface area contributed by atoms with E-state index >= 15 is 0 Å². The smallest absolute Gasteiger partial charge is 0.225 e. The first kappa shape index (κ1) is 10.6. The van der Waals surface area contributed by atoms with Gasteiger partial charge in [0.15, 0.2) is 0 Å². The molecule has 0 aliphatic carbocycles. The molecule has 0 unspecified atom stereocenters. The first-order chi connectivity index (χ1) is 7.65. The summed E-state index contributed by atoms with van der Waals surface area (Å²) in [6.07, 6.45) is 0. The van der Waals surface area contributed by atoms with E-state index in [1.165, 1.54) is 0 Å². The fourth-order valence-corrected chi connectivity index (χ4v) is 1.49. The van der Waals surface area contributed by atoms with E-state index in [0.717, 1.165) is 11.3 Å². The van der Waals surface area contributed by atoms with Crippen LogP contribution >= 0.6 is 12.2 Å². The van der Waals surface area contributed by atoms with Crippen molar-refractivity contribution in [2.75, 3.05) is 11.1 Å². The van der Waals surface area contributed by atoms with E-state index in [1.54, 1.807) is 0 Å². The highest BCUT2D eigenvalue weighted by Crippen LogP contribution is 2.17. The van der Waals surface area contributed by atoms with Crippen LogP contribution in [0.5, 0.6) is 0 Å². The third-order valence-corrected chi connectivity index (χ3v) is 2.25. The van der Waals surface area contributed by atoms with Gasteiger partial charge in [-0.05, 0) is 30.8 Å².